The van der Waals surface area contributed by atoms with E-state index in [1.807, 2.05) is 0 Å². The van der Waals surface area contributed by atoms with Crippen LogP contribution < -0.4 is 0 Å². The monoisotopic (exact) mass is 330 g/mol. The van der Waals surface area contributed by atoms with Gasteiger partial charge in [-0.3, -0.25) is 0 Å². The van der Waals surface area contributed by atoms with Crippen LogP contribution in [0.25, 0.3) is 5.57 Å². The zero-order chi connectivity index (χ0) is 18.0. The fraction of sp³-hybridized carbons (Fsp3) is 0.360. The van der Waals surface area contributed by atoms with E-state index in [1.54, 1.807) is 0 Å². The minimum Gasteiger partial charge on any atom is -0.0836 e. The lowest BCUT2D eigenvalue weighted by molar-refractivity contribution is 0.589. The third-order valence-electron chi connectivity index (χ3n) is 5.21. The normalized spacial score (nSPS) is 14.9. The highest BCUT2D eigenvalue weighted by Gasteiger charge is 2.14. The number of allylic oxidation sites excluding steroid dienone is 4. The van der Waals surface area contributed by atoms with Crippen molar-refractivity contribution in [3.8, 4) is 0 Å². The van der Waals surface area contributed by atoms with Gasteiger partial charge in [0, 0.05) is 0 Å². The molecule has 130 valence electrons. The molecule has 0 saturated carbocycles. The molecule has 2 aromatic rings. The highest BCUT2D eigenvalue weighted by molar-refractivity contribution is 5.79. The van der Waals surface area contributed by atoms with Crippen molar-refractivity contribution in [1.29, 1.82) is 0 Å². The van der Waals surface area contributed by atoms with E-state index in [2.05, 4.69) is 89.2 Å². The van der Waals surface area contributed by atoms with Crippen LogP contribution in [0.15, 0.2) is 60.2 Å². The topological polar surface area (TPSA) is 0 Å². The Hall–Kier alpha value is -2.08. The molecule has 0 aromatic heterocycles. The molecule has 0 N–H and O–H groups in total. The summed E-state index contributed by atoms with van der Waals surface area (Å²) >= 11 is 0. The Morgan fingerprint density at radius 3 is 2.36 bits per heavy atom. The van der Waals surface area contributed by atoms with Crippen molar-refractivity contribution in [2.24, 2.45) is 0 Å². The van der Waals surface area contributed by atoms with Gasteiger partial charge in [0.05, 0.1) is 0 Å². The lowest BCUT2D eigenvalue weighted by atomic mass is 9.85. The van der Waals surface area contributed by atoms with Crippen molar-refractivity contribution in [1.82, 2.24) is 0 Å². The zero-order valence-corrected chi connectivity index (χ0v) is 16.3. The summed E-state index contributed by atoms with van der Waals surface area (Å²) in [6.45, 7) is 11.3. The molecule has 0 aliphatic heterocycles. The van der Waals surface area contributed by atoms with Crippen molar-refractivity contribution in [3.63, 3.8) is 0 Å². The average molecular weight is 331 g/mol. The summed E-state index contributed by atoms with van der Waals surface area (Å²) in [4.78, 5) is 0. The van der Waals surface area contributed by atoms with Crippen molar-refractivity contribution >= 4 is 5.57 Å². The molecule has 0 saturated heterocycles. The molecular weight excluding hydrogens is 300 g/mol. The molecule has 0 amide bonds. The zero-order valence-electron chi connectivity index (χ0n) is 16.3. The van der Waals surface area contributed by atoms with Crippen LogP contribution in [0.3, 0.4) is 0 Å². The van der Waals surface area contributed by atoms with Crippen LogP contribution in [-0.4, -0.2) is 0 Å². The van der Waals surface area contributed by atoms with Crippen LogP contribution in [0, 0.1) is 6.92 Å². The van der Waals surface area contributed by atoms with Gasteiger partial charge in [-0.05, 0) is 71.9 Å². The summed E-state index contributed by atoms with van der Waals surface area (Å²) in [6.07, 6.45) is 7.96. The number of hydrogen-bond donors (Lipinski definition) is 0. The Bertz CT molecular complexity index is 825. The first-order chi connectivity index (χ1) is 11.8. The third kappa shape index (κ3) is 4.12. The molecule has 0 heterocycles. The number of rotatable bonds is 3. The van der Waals surface area contributed by atoms with E-state index in [0.29, 0.717) is 0 Å². The molecule has 0 atom stereocenters. The number of aryl methyl sites for hydroxylation is 1. The Balaban J connectivity index is 1.86. The summed E-state index contributed by atoms with van der Waals surface area (Å²) in [7, 11) is 0. The number of benzene rings is 2. The lowest BCUT2D eigenvalue weighted by Gasteiger charge is -2.20. The molecule has 1 aliphatic carbocycles. The van der Waals surface area contributed by atoms with Gasteiger partial charge in [-0.25, -0.2) is 0 Å². The van der Waals surface area contributed by atoms with Gasteiger partial charge in [0.1, 0.15) is 0 Å². The first-order valence-electron chi connectivity index (χ1n) is 9.40. The minimum absolute atomic E-state index is 0.201. The maximum absolute atomic E-state index is 2.36. The molecule has 0 spiro atoms. The van der Waals surface area contributed by atoms with Crippen LogP contribution in [-0.2, 0) is 11.8 Å². The second-order valence-electron chi connectivity index (χ2n) is 8.41. The Morgan fingerprint density at radius 2 is 1.68 bits per heavy atom. The molecular formula is C25H30. The van der Waals surface area contributed by atoms with Gasteiger partial charge in [-0.15, -0.1) is 0 Å². The van der Waals surface area contributed by atoms with E-state index < -0.39 is 0 Å². The highest BCUT2D eigenvalue weighted by atomic mass is 14.2. The molecule has 0 unspecified atom stereocenters. The van der Waals surface area contributed by atoms with Crippen LogP contribution in [0.4, 0.5) is 0 Å². The molecule has 25 heavy (non-hydrogen) atoms. The molecule has 0 radical (unpaired) electrons. The number of hydrogen-bond acceptors (Lipinski definition) is 0. The van der Waals surface area contributed by atoms with Gasteiger partial charge in [0.15, 0.2) is 0 Å². The molecule has 1 aliphatic rings. The molecule has 0 heteroatoms. The molecule has 0 fully saturated rings. The van der Waals surface area contributed by atoms with Crippen molar-refractivity contribution in [3.05, 3.63) is 88.0 Å². The molecule has 0 bridgehead atoms. The maximum atomic E-state index is 2.36. The van der Waals surface area contributed by atoms with Gasteiger partial charge < -0.3 is 0 Å². The van der Waals surface area contributed by atoms with Crippen LogP contribution in [0.1, 0.15) is 68.4 Å². The quantitative estimate of drug-likeness (QED) is 0.568. The van der Waals surface area contributed by atoms with E-state index in [0.717, 1.165) is 6.42 Å². The van der Waals surface area contributed by atoms with Crippen molar-refractivity contribution in [2.45, 2.75) is 59.3 Å². The summed E-state index contributed by atoms with van der Waals surface area (Å²) in [5, 5.41) is 0. The summed E-state index contributed by atoms with van der Waals surface area (Å²) in [6, 6.07) is 16.0. The molecule has 0 nitrogen and oxygen atoms in total. The predicted octanol–water partition coefficient (Wildman–Crippen LogP) is 7.01. The Morgan fingerprint density at radius 1 is 0.920 bits per heavy atom. The summed E-state index contributed by atoms with van der Waals surface area (Å²) < 4.78 is 0. The predicted molar refractivity (Wildman–Crippen MR) is 110 cm³/mol. The summed E-state index contributed by atoms with van der Waals surface area (Å²) in [5.41, 5.74) is 10.1. The minimum atomic E-state index is 0.201. The van der Waals surface area contributed by atoms with Gasteiger partial charge in [0.25, 0.3) is 0 Å². The average Bonchev–Trinajstić information content (AvgIpc) is 2.55. The lowest BCUT2D eigenvalue weighted by Crippen LogP contribution is -2.11. The molecule has 3 rings (SSSR count). The SMILES string of the molecule is CC1=C(c2ccc(Cc3cccc(C(C)(C)C)c3)cc2C)C=CCC1. The Kier molecular flexibility index (Phi) is 4.99. The fourth-order valence-corrected chi connectivity index (χ4v) is 3.62. The first-order valence-corrected chi connectivity index (χ1v) is 9.40. The standard InChI is InChI=1S/C25H30/c1-18-9-6-7-12-23(18)24-14-13-21(15-19(24)2)16-20-10-8-11-22(17-20)25(3,4)5/h7-8,10-15,17H,6,9,16H2,1-5H3. The first kappa shape index (κ1) is 17.7. The van der Waals surface area contributed by atoms with Crippen LogP contribution in [0.5, 0.6) is 0 Å². The highest BCUT2D eigenvalue weighted by Crippen LogP contribution is 2.30. The summed E-state index contributed by atoms with van der Waals surface area (Å²) in [5.74, 6) is 0. The second-order valence-corrected chi connectivity index (χ2v) is 8.41. The van der Waals surface area contributed by atoms with Crippen LogP contribution >= 0.6 is 0 Å². The van der Waals surface area contributed by atoms with Gasteiger partial charge in [-0.1, -0.05) is 81.0 Å². The second kappa shape index (κ2) is 7.04. The maximum Gasteiger partial charge on any atom is -0.00256 e. The fourth-order valence-electron chi connectivity index (χ4n) is 3.62. The largest absolute Gasteiger partial charge is 0.0836 e. The third-order valence-corrected chi connectivity index (χ3v) is 5.21. The van der Waals surface area contributed by atoms with Gasteiger partial charge >= 0.3 is 0 Å². The van der Waals surface area contributed by atoms with E-state index in [4.69, 9.17) is 0 Å². The smallest absolute Gasteiger partial charge is 0.00256 e. The Labute approximate surface area is 153 Å². The van der Waals surface area contributed by atoms with Crippen molar-refractivity contribution in [2.75, 3.05) is 0 Å². The van der Waals surface area contributed by atoms with E-state index >= 15 is 0 Å². The van der Waals surface area contributed by atoms with E-state index in [9.17, 15) is 0 Å². The van der Waals surface area contributed by atoms with E-state index in [-0.39, 0.29) is 5.41 Å². The van der Waals surface area contributed by atoms with Gasteiger partial charge in [0.2, 0.25) is 0 Å². The van der Waals surface area contributed by atoms with Gasteiger partial charge in [-0.2, -0.15) is 0 Å². The molecule has 2 aromatic carbocycles. The van der Waals surface area contributed by atoms with Crippen LogP contribution in [0.2, 0.25) is 0 Å². The van der Waals surface area contributed by atoms with E-state index in [1.165, 1.54) is 51.8 Å². The van der Waals surface area contributed by atoms with Crippen molar-refractivity contribution < 1.29 is 0 Å².